The van der Waals surface area contributed by atoms with Crippen molar-refractivity contribution in [3.8, 4) is 0 Å². The third-order valence-corrected chi connectivity index (χ3v) is 5.56. The number of rotatable bonds is 3. The van der Waals surface area contributed by atoms with Gasteiger partial charge in [0.15, 0.2) is 14.8 Å². The van der Waals surface area contributed by atoms with Crippen molar-refractivity contribution in [2.24, 2.45) is 0 Å². The summed E-state index contributed by atoms with van der Waals surface area (Å²) in [4.78, 5) is 5.18. The normalized spacial score (nSPS) is 12.1. The van der Waals surface area contributed by atoms with Crippen LogP contribution >= 0.6 is 22.9 Å². The Morgan fingerprint density at radius 2 is 2.20 bits per heavy atom. The molecular formula is C12H10ClN3O2S2. The van der Waals surface area contributed by atoms with Gasteiger partial charge < -0.3 is 5.73 Å². The van der Waals surface area contributed by atoms with Crippen LogP contribution in [0.15, 0.2) is 40.9 Å². The Hall–Kier alpha value is -1.57. The first kappa shape index (κ1) is 13.4. The number of imidazole rings is 1. The van der Waals surface area contributed by atoms with Crippen molar-refractivity contribution in [3.63, 3.8) is 0 Å². The van der Waals surface area contributed by atoms with E-state index in [9.17, 15) is 8.42 Å². The number of nitrogen functional groups attached to an aromatic ring is 1. The van der Waals surface area contributed by atoms with Gasteiger partial charge in [0.2, 0.25) is 0 Å². The minimum Gasteiger partial charge on any atom is -0.398 e. The van der Waals surface area contributed by atoms with Crippen LogP contribution in [0.5, 0.6) is 0 Å². The Labute approximate surface area is 124 Å². The lowest BCUT2D eigenvalue weighted by molar-refractivity contribution is 0.595. The van der Waals surface area contributed by atoms with E-state index in [2.05, 4.69) is 4.98 Å². The van der Waals surface area contributed by atoms with Crippen LogP contribution in [0, 0.1) is 0 Å². The molecule has 0 aliphatic carbocycles. The van der Waals surface area contributed by atoms with E-state index in [4.69, 9.17) is 17.3 Å². The zero-order valence-electron chi connectivity index (χ0n) is 10.2. The SMILES string of the molecule is Nc1ccc(S(=O)(=O)Cc2cn3ccsc3n2)cc1Cl. The van der Waals surface area contributed by atoms with E-state index in [0.717, 1.165) is 4.96 Å². The van der Waals surface area contributed by atoms with Crippen LogP contribution < -0.4 is 5.73 Å². The first-order chi connectivity index (χ1) is 9.45. The monoisotopic (exact) mass is 327 g/mol. The summed E-state index contributed by atoms with van der Waals surface area (Å²) in [6, 6.07) is 4.31. The number of benzene rings is 1. The molecule has 0 aliphatic heterocycles. The number of halogens is 1. The predicted molar refractivity (Wildman–Crippen MR) is 79.8 cm³/mol. The third kappa shape index (κ3) is 2.39. The minimum atomic E-state index is -3.49. The number of nitrogens with two attached hydrogens (primary N) is 1. The van der Waals surface area contributed by atoms with Gasteiger partial charge in [-0.15, -0.1) is 11.3 Å². The Morgan fingerprint density at radius 3 is 2.90 bits per heavy atom. The predicted octanol–water partition coefficient (Wildman–Crippen LogP) is 2.61. The summed E-state index contributed by atoms with van der Waals surface area (Å²) >= 11 is 7.32. The van der Waals surface area contributed by atoms with Crippen LogP contribution in [-0.2, 0) is 15.6 Å². The summed E-state index contributed by atoms with van der Waals surface area (Å²) in [7, 11) is -3.49. The van der Waals surface area contributed by atoms with Crippen LogP contribution in [0.4, 0.5) is 5.69 Å². The van der Waals surface area contributed by atoms with E-state index in [1.54, 1.807) is 10.6 Å². The minimum absolute atomic E-state index is 0.146. The van der Waals surface area contributed by atoms with Crippen molar-refractivity contribution in [2.45, 2.75) is 10.6 Å². The number of aromatic nitrogens is 2. The van der Waals surface area contributed by atoms with Gasteiger partial charge in [-0.05, 0) is 18.2 Å². The molecule has 2 aromatic heterocycles. The first-order valence-electron chi connectivity index (χ1n) is 5.64. The van der Waals surface area contributed by atoms with Crippen molar-refractivity contribution in [1.29, 1.82) is 0 Å². The molecular weight excluding hydrogens is 318 g/mol. The molecule has 1 aromatic carbocycles. The van der Waals surface area contributed by atoms with Crippen molar-refractivity contribution in [1.82, 2.24) is 9.38 Å². The highest BCUT2D eigenvalue weighted by molar-refractivity contribution is 7.90. The maximum atomic E-state index is 12.3. The summed E-state index contributed by atoms with van der Waals surface area (Å²) in [5.74, 6) is -0.165. The highest BCUT2D eigenvalue weighted by Gasteiger charge is 2.18. The van der Waals surface area contributed by atoms with Gasteiger partial charge in [0.05, 0.1) is 27.1 Å². The average Bonchev–Trinajstić information content (AvgIpc) is 2.92. The zero-order valence-corrected chi connectivity index (χ0v) is 12.5. The number of sulfone groups is 1. The molecule has 0 fully saturated rings. The molecule has 3 rings (SSSR count). The van der Waals surface area contributed by atoms with Crippen LogP contribution in [0.25, 0.3) is 4.96 Å². The standard InChI is InChI=1S/C12H10ClN3O2S2/c13-10-5-9(1-2-11(10)14)20(17,18)7-8-6-16-3-4-19-12(16)15-8/h1-6H,7,14H2. The van der Waals surface area contributed by atoms with E-state index in [-0.39, 0.29) is 15.7 Å². The Kier molecular flexibility index (Phi) is 3.19. The molecule has 0 aliphatic rings. The number of thiazole rings is 1. The smallest absolute Gasteiger partial charge is 0.193 e. The fraction of sp³-hybridized carbons (Fsp3) is 0.0833. The van der Waals surface area contributed by atoms with E-state index >= 15 is 0 Å². The second-order valence-electron chi connectivity index (χ2n) is 4.27. The summed E-state index contributed by atoms with van der Waals surface area (Å²) in [6.07, 6.45) is 3.55. The number of nitrogens with zero attached hydrogens (tertiary/aromatic N) is 2. The van der Waals surface area contributed by atoms with Crippen LogP contribution in [0.3, 0.4) is 0 Å². The maximum Gasteiger partial charge on any atom is 0.193 e. The molecule has 104 valence electrons. The molecule has 0 bridgehead atoms. The first-order valence-corrected chi connectivity index (χ1v) is 8.55. The Balaban J connectivity index is 1.95. The molecule has 8 heteroatoms. The molecule has 0 saturated carbocycles. The van der Waals surface area contributed by atoms with Gasteiger partial charge in [-0.3, -0.25) is 4.40 Å². The summed E-state index contributed by atoms with van der Waals surface area (Å²) in [5.41, 5.74) is 6.44. The molecule has 5 nitrogen and oxygen atoms in total. The van der Waals surface area contributed by atoms with Gasteiger partial charge in [-0.2, -0.15) is 0 Å². The summed E-state index contributed by atoms with van der Waals surface area (Å²) in [5, 5.41) is 2.12. The van der Waals surface area contributed by atoms with E-state index in [0.29, 0.717) is 11.4 Å². The van der Waals surface area contributed by atoms with Crippen LogP contribution in [0.1, 0.15) is 5.69 Å². The largest absolute Gasteiger partial charge is 0.398 e. The van der Waals surface area contributed by atoms with Crippen LogP contribution in [-0.4, -0.2) is 17.8 Å². The summed E-state index contributed by atoms with van der Waals surface area (Å²) < 4.78 is 26.4. The second-order valence-corrected chi connectivity index (χ2v) is 7.54. The molecule has 0 unspecified atom stereocenters. The fourth-order valence-electron chi connectivity index (χ4n) is 1.82. The zero-order chi connectivity index (χ0) is 14.3. The molecule has 3 aromatic rings. The molecule has 2 heterocycles. The highest BCUT2D eigenvalue weighted by atomic mass is 35.5. The fourth-order valence-corrected chi connectivity index (χ4v) is 4.06. The van der Waals surface area contributed by atoms with Crippen molar-refractivity contribution in [3.05, 3.63) is 46.7 Å². The lowest BCUT2D eigenvalue weighted by Gasteiger charge is -2.04. The van der Waals surface area contributed by atoms with Gasteiger partial charge in [-0.1, -0.05) is 11.6 Å². The van der Waals surface area contributed by atoms with Crippen molar-refractivity contribution >= 4 is 43.4 Å². The molecule has 0 atom stereocenters. The Bertz CT molecular complexity index is 855. The second kappa shape index (κ2) is 4.76. The topological polar surface area (TPSA) is 77.5 Å². The third-order valence-electron chi connectivity index (χ3n) is 2.81. The molecule has 0 amide bonds. The van der Waals surface area contributed by atoms with E-state index in [1.807, 2.05) is 11.6 Å². The van der Waals surface area contributed by atoms with Gasteiger partial charge in [-0.25, -0.2) is 13.4 Å². The van der Waals surface area contributed by atoms with Crippen LogP contribution in [0.2, 0.25) is 5.02 Å². The number of hydrogen-bond donors (Lipinski definition) is 1. The molecule has 0 radical (unpaired) electrons. The molecule has 0 saturated heterocycles. The lowest BCUT2D eigenvalue weighted by atomic mass is 10.3. The maximum absolute atomic E-state index is 12.3. The van der Waals surface area contributed by atoms with Gasteiger partial charge >= 0.3 is 0 Å². The average molecular weight is 328 g/mol. The summed E-state index contributed by atoms with van der Waals surface area (Å²) in [6.45, 7) is 0. The van der Waals surface area contributed by atoms with E-state index < -0.39 is 9.84 Å². The van der Waals surface area contributed by atoms with E-state index in [1.165, 1.54) is 29.5 Å². The molecule has 0 spiro atoms. The number of hydrogen-bond acceptors (Lipinski definition) is 5. The number of fused-ring (bicyclic) bond motifs is 1. The quantitative estimate of drug-likeness (QED) is 0.750. The molecule has 20 heavy (non-hydrogen) atoms. The van der Waals surface area contributed by atoms with Gasteiger partial charge in [0, 0.05) is 17.8 Å². The lowest BCUT2D eigenvalue weighted by Crippen LogP contribution is -2.05. The van der Waals surface area contributed by atoms with Gasteiger partial charge in [0.1, 0.15) is 0 Å². The van der Waals surface area contributed by atoms with Crippen molar-refractivity contribution in [2.75, 3.05) is 5.73 Å². The van der Waals surface area contributed by atoms with Gasteiger partial charge in [0.25, 0.3) is 0 Å². The Morgan fingerprint density at radius 1 is 1.40 bits per heavy atom. The van der Waals surface area contributed by atoms with Crippen molar-refractivity contribution < 1.29 is 8.42 Å². The number of anilines is 1. The molecule has 2 N–H and O–H groups in total. The highest BCUT2D eigenvalue weighted by Crippen LogP contribution is 2.25.